The van der Waals surface area contributed by atoms with Crippen molar-refractivity contribution in [1.29, 1.82) is 0 Å². The smallest absolute Gasteiger partial charge is 0.263 e. The maximum Gasteiger partial charge on any atom is 0.263 e. The lowest BCUT2D eigenvalue weighted by molar-refractivity contribution is 0.708. The first-order valence-electron chi connectivity index (χ1n) is 6.38. The van der Waals surface area contributed by atoms with Crippen LogP contribution in [0.2, 0.25) is 0 Å². The van der Waals surface area contributed by atoms with Gasteiger partial charge in [-0.25, -0.2) is 9.98 Å². The van der Waals surface area contributed by atoms with E-state index >= 15 is 0 Å². The van der Waals surface area contributed by atoms with E-state index in [1.165, 1.54) is 11.3 Å². The van der Waals surface area contributed by atoms with Gasteiger partial charge in [0.1, 0.15) is 4.83 Å². The zero-order valence-corrected chi connectivity index (χ0v) is 11.8. The minimum Gasteiger partial charge on any atom is -0.284 e. The normalized spacial score (nSPS) is 11.9. The highest BCUT2D eigenvalue weighted by atomic mass is 32.1. The van der Waals surface area contributed by atoms with Crippen molar-refractivity contribution in [2.24, 2.45) is 4.99 Å². The van der Waals surface area contributed by atoms with Crippen molar-refractivity contribution in [2.45, 2.75) is 13.5 Å². The Hall–Kier alpha value is -2.27. The first kappa shape index (κ1) is 12.7. The van der Waals surface area contributed by atoms with Gasteiger partial charge in [-0.3, -0.25) is 9.36 Å². The van der Waals surface area contributed by atoms with Crippen LogP contribution in [0.5, 0.6) is 0 Å². The Morgan fingerprint density at radius 2 is 2.00 bits per heavy atom. The third-order valence-corrected chi connectivity index (χ3v) is 3.98. The molecule has 3 aromatic rings. The number of nitrogens with zero attached hydrogens (tertiary/aromatic N) is 3. The lowest BCUT2D eigenvalue weighted by Crippen LogP contribution is -2.31. The van der Waals surface area contributed by atoms with E-state index in [9.17, 15) is 4.79 Å². The predicted molar refractivity (Wildman–Crippen MR) is 81.2 cm³/mol. The van der Waals surface area contributed by atoms with Crippen molar-refractivity contribution in [3.8, 4) is 0 Å². The van der Waals surface area contributed by atoms with E-state index in [1.807, 2.05) is 37.3 Å². The van der Waals surface area contributed by atoms with Gasteiger partial charge in [0.05, 0.1) is 11.1 Å². The fourth-order valence-corrected chi connectivity index (χ4v) is 3.01. The maximum absolute atomic E-state index is 12.4. The summed E-state index contributed by atoms with van der Waals surface area (Å²) in [5.41, 5.74) is 0.796. The quantitative estimate of drug-likeness (QED) is 0.726. The zero-order valence-electron chi connectivity index (χ0n) is 11.0. The molecule has 0 aliphatic carbocycles. The van der Waals surface area contributed by atoms with E-state index in [4.69, 9.17) is 0 Å². The first-order valence-corrected chi connectivity index (χ1v) is 7.19. The second kappa shape index (κ2) is 5.38. The summed E-state index contributed by atoms with van der Waals surface area (Å²) in [6.07, 6.45) is 1.70. The highest BCUT2D eigenvalue weighted by Gasteiger charge is 2.06. The van der Waals surface area contributed by atoms with Gasteiger partial charge in [-0.15, -0.1) is 0 Å². The number of aromatic nitrogens is 2. The molecule has 0 fully saturated rings. The van der Waals surface area contributed by atoms with Gasteiger partial charge in [-0.05, 0) is 31.2 Å². The van der Waals surface area contributed by atoms with E-state index in [0.29, 0.717) is 16.7 Å². The van der Waals surface area contributed by atoms with Gasteiger partial charge >= 0.3 is 0 Å². The van der Waals surface area contributed by atoms with E-state index in [-0.39, 0.29) is 5.56 Å². The van der Waals surface area contributed by atoms with E-state index < -0.39 is 0 Å². The molecule has 2 aromatic heterocycles. The van der Waals surface area contributed by atoms with Gasteiger partial charge in [0.25, 0.3) is 5.56 Å². The fourth-order valence-electron chi connectivity index (χ4n) is 1.98. The minimum atomic E-state index is -0.0379. The first-order chi connectivity index (χ1) is 9.79. The van der Waals surface area contributed by atoms with Gasteiger partial charge in [0.15, 0.2) is 4.80 Å². The van der Waals surface area contributed by atoms with Crippen molar-refractivity contribution in [3.63, 3.8) is 0 Å². The van der Waals surface area contributed by atoms with Crippen LogP contribution < -0.4 is 10.4 Å². The number of fused-ring (bicyclic) bond motifs is 1. The van der Waals surface area contributed by atoms with Crippen LogP contribution in [-0.2, 0) is 6.54 Å². The van der Waals surface area contributed by atoms with E-state index in [2.05, 4.69) is 9.98 Å². The summed E-state index contributed by atoms with van der Waals surface area (Å²) in [5, 5.41) is 0.645. The summed E-state index contributed by atoms with van der Waals surface area (Å²) in [5.74, 6) is 0. The van der Waals surface area contributed by atoms with Crippen LogP contribution in [0.4, 0.5) is 5.69 Å². The molecule has 4 nitrogen and oxygen atoms in total. The van der Waals surface area contributed by atoms with E-state index in [1.54, 1.807) is 22.9 Å². The van der Waals surface area contributed by atoms with Gasteiger partial charge in [0, 0.05) is 12.7 Å². The minimum absolute atomic E-state index is 0.0379. The van der Waals surface area contributed by atoms with Crippen molar-refractivity contribution >= 4 is 27.2 Å². The van der Waals surface area contributed by atoms with Crippen LogP contribution in [0.15, 0.2) is 58.4 Å². The average Bonchev–Trinajstić information content (AvgIpc) is 2.49. The maximum atomic E-state index is 12.4. The summed E-state index contributed by atoms with van der Waals surface area (Å²) in [6, 6.07) is 13.2. The zero-order chi connectivity index (χ0) is 13.9. The standard InChI is InChI=1S/C15H13N3OS/c1-2-18-14(19)12-9-6-10-16-13(12)20-15(18)17-11-7-4-3-5-8-11/h3-10H,2H2,1H3/b17-15-. The van der Waals surface area contributed by atoms with Crippen LogP contribution >= 0.6 is 11.3 Å². The molecule has 0 saturated carbocycles. The number of rotatable bonds is 2. The molecular formula is C15H13N3OS. The Kier molecular flexibility index (Phi) is 3.43. The van der Waals surface area contributed by atoms with Crippen molar-refractivity contribution in [3.05, 3.63) is 63.8 Å². The van der Waals surface area contributed by atoms with Gasteiger partial charge in [-0.1, -0.05) is 29.5 Å². The number of hydrogen-bond acceptors (Lipinski definition) is 4. The molecule has 20 heavy (non-hydrogen) atoms. The lowest BCUT2D eigenvalue weighted by atomic mass is 10.3. The average molecular weight is 283 g/mol. The van der Waals surface area contributed by atoms with Crippen LogP contribution in [0, 0.1) is 0 Å². The second-order valence-corrected chi connectivity index (χ2v) is 5.19. The fraction of sp³-hybridized carbons (Fsp3) is 0.133. The van der Waals surface area contributed by atoms with Crippen LogP contribution in [0.1, 0.15) is 6.92 Å². The van der Waals surface area contributed by atoms with Crippen LogP contribution in [0.25, 0.3) is 10.2 Å². The van der Waals surface area contributed by atoms with Crippen molar-refractivity contribution in [2.75, 3.05) is 0 Å². The number of benzene rings is 1. The van der Waals surface area contributed by atoms with E-state index in [0.717, 1.165) is 10.5 Å². The van der Waals surface area contributed by atoms with Crippen molar-refractivity contribution < 1.29 is 0 Å². The molecule has 2 heterocycles. The summed E-state index contributed by atoms with van der Waals surface area (Å²) in [7, 11) is 0. The number of pyridine rings is 1. The predicted octanol–water partition coefficient (Wildman–Crippen LogP) is 2.71. The summed E-state index contributed by atoms with van der Waals surface area (Å²) >= 11 is 1.43. The molecular weight excluding hydrogens is 270 g/mol. The SMILES string of the molecule is CCn1c(=O)c2cccnc2s/c1=N\c1ccccc1. The molecule has 1 aromatic carbocycles. The summed E-state index contributed by atoms with van der Waals surface area (Å²) < 4.78 is 1.68. The molecule has 5 heteroatoms. The summed E-state index contributed by atoms with van der Waals surface area (Å²) in [4.78, 5) is 22.7. The molecule has 0 N–H and O–H groups in total. The Balaban J connectivity index is 2.36. The topological polar surface area (TPSA) is 47.2 Å². The Morgan fingerprint density at radius 1 is 1.20 bits per heavy atom. The molecule has 0 radical (unpaired) electrons. The molecule has 0 spiro atoms. The van der Waals surface area contributed by atoms with Gasteiger partial charge < -0.3 is 0 Å². The highest BCUT2D eigenvalue weighted by Crippen LogP contribution is 2.11. The lowest BCUT2D eigenvalue weighted by Gasteiger charge is -2.04. The Bertz CT molecular complexity index is 865. The Labute approximate surface area is 119 Å². The molecule has 0 aliphatic heterocycles. The third kappa shape index (κ3) is 2.28. The molecule has 0 aliphatic rings. The molecule has 0 amide bonds. The van der Waals surface area contributed by atoms with Crippen molar-refractivity contribution in [1.82, 2.24) is 9.55 Å². The third-order valence-electron chi connectivity index (χ3n) is 2.96. The highest BCUT2D eigenvalue weighted by molar-refractivity contribution is 7.15. The van der Waals surface area contributed by atoms with Crippen LogP contribution in [0.3, 0.4) is 0 Å². The molecule has 0 unspecified atom stereocenters. The largest absolute Gasteiger partial charge is 0.284 e. The molecule has 0 bridgehead atoms. The molecule has 3 rings (SSSR count). The number of hydrogen-bond donors (Lipinski definition) is 0. The molecule has 100 valence electrons. The van der Waals surface area contributed by atoms with Crippen LogP contribution in [-0.4, -0.2) is 9.55 Å². The number of para-hydroxylation sites is 1. The molecule has 0 saturated heterocycles. The van der Waals surface area contributed by atoms with Gasteiger partial charge in [0.2, 0.25) is 0 Å². The second-order valence-electron chi connectivity index (χ2n) is 4.24. The Morgan fingerprint density at radius 3 is 2.75 bits per heavy atom. The summed E-state index contributed by atoms with van der Waals surface area (Å²) in [6.45, 7) is 2.53. The monoisotopic (exact) mass is 283 g/mol. The molecule has 0 atom stereocenters. The van der Waals surface area contributed by atoms with Gasteiger partial charge in [-0.2, -0.15) is 0 Å².